The molecule has 0 aliphatic heterocycles. The zero-order chi connectivity index (χ0) is 13.8. The summed E-state index contributed by atoms with van der Waals surface area (Å²) in [4.78, 5) is 3.11. The van der Waals surface area contributed by atoms with E-state index in [1.165, 1.54) is 0 Å². The first-order chi connectivity index (χ1) is 9.10. The van der Waals surface area contributed by atoms with Gasteiger partial charge in [-0.1, -0.05) is 11.6 Å². The maximum atomic E-state index is 8.77. The van der Waals surface area contributed by atoms with E-state index in [1.807, 2.05) is 48.6 Å². The van der Waals surface area contributed by atoms with Crippen molar-refractivity contribution < 1.29 is 0 Å². The average Bonchev–Trinajstić information content (AvgIpc) is 2.84. The molecule has 2 rings (SSSR count). The quantitative estimate of drug-likeness (QED) is 0.927. The lowest BCUT2D eigenvalue weighted by molar-refractivity contribution is 1.13. The highest BCUT2D eigenvalue weighted by atomic mass is 35.5. The minimum Gasteiger partial charge on any atom is -0.380 e. The van der Waals surface area contributed by atoms with Gasteiger partial charge in [-0.3, -0.25) is 0 Å². The molecule has 19 heavy (non-hydrogen) atoms. The van der Waals surface area contributed by atoms with Crippen LogP contribution in [0.3, 0.4) is 0 Å². The van der Waals surface area contributed by atoms with E-state index in [-0.39, 0.29) is 0 Å². The van der Waals surface area contributed by atoms with E-state index in [2.05, 4.69) is 11.4 Å². The second-order valence-electron chi connectivity index (χ2n) is 4.33. The number of benzene rings is 1. The predicted octanol–water partition coefficient (Wildman–Crippen LogP) is 3.95. The minimum absolute atomic E-state index is 0.698. The van der Waals surface area contributed by atoms with Gasteiger partial charge in [0.15, 0.2) is 0 Å². The normalized spacial score (nSPS) is 10.0. The molecular weight excluding hydrogens is 278 g/mol. The van der Waals surface area contributed by atoms with Gasteiger partial charge in [0.25, 0.3) is 0 Å². The molecule has 2 aromatic rings. The lowest BCUT2D eigenvalue weighted by Crippen LogP contribution is -2.09. The molecular formula is C14H14ClN3S. The van der Waals surface area contributed by atoms with Crippen molar-refractivity contribution in [2.75, 3.05) is 24.3 Å². The fourth-order valence-corrected chi connectivity index (χ4v) is 2.80. The van der Waals surface area contributed by atoms with Crippen LogP contribution in [-0.4, -0.2) is 14.1 Å². The van der Waals surface area contributed by atoms with E-state index in [4.69, 9.17) is 16.9 Å². The lowest BCUT2D eigenvalue weighted by atomic mass is 10.2. The Morgan fingerprint density at radius 2 is 2.16 bits per heavy atom. The highest BCUT2D eigenvalue weighted by Crippen LogP contribution is 2.27. The predicted molar refractivity (Wildman–Crippen MR) is 82.1 cm³/mol. The molecule has 0 amide bonds. The summed E-state index contributed by atoms with van der Waals surface area (Å²) >= 11 is 7.79. The van der Waals surface area contributed by atoms with Crippen LogP contribution in [0.15, 0.2) is 29.6 Å². The maximum Gasteiger partial charge on any atom is 0.100 e. The van der Waals surface area contributed by atoms with Crippen molar-refractivity contribution >= 4 is 34.3 Å². The van der Waals surface area contributed by atoms with Gasteiger partial charge in [-0.15, -0.1) is 11.3 Å². The second kappa shape index (κ2) is 5.96. The molecule has 0 fully saturated rings. The Hall–Kier alpha value is -1.70. The first kappa shape index (κ1) is 13.7. The molecule has 0 bridgehead atoms. The highest BCUT2D eigenvalue weighted by Gasteiger charge is 2.04. The molecule has 1 heterocycles. The van der Waals surface area contributed by atoms with E-state index in [1.54, 1.807) is 11.3 Å². The largest absolute Gasteiger partial charge is 0.380 e. The number of nitrogens with one attached hydrogen (secondary N) is 1. The summed E-state index contributed by atoms with van der Waals surface area (Å²) in [6, 6.07) is 9.93. The Kier molecular flexibility index (Phi) is 4.31. The van der Waals surface area contributed by atoms with Gasteiger partial charge in [0.05, 0.1) is 16.3 Å². The zero-order valence-corrected chi connectivity index (χ0v) is 12.3. The molecule has 5 heteroatoms. The van der Waals surface area contributed by atoms with E-state index >= 15 is 0 Å². The summed E-state index contributed by atoms with van der Waals surface area (Å²) in [5, 5.41) is 14.7. The standard InChI is InChI=1S/C14H14ClN3S/c1-18(2)14-4-3-11(6-13(14)15)17-8-12-5-10(7-16)9-19-12/h3-6,9,17H,8H2,1-2H3. The smallest absolute Gasteiger partial charge is 0.100 e. The van der Waals surface area contributed by atoms with Gasteiger partial charge >= 0.3 is 0 Å². The molecule has 1 N–H and O–H groups in total. The number of nitriles is 1. The Bertz CT molecular complexity index is 613. The van der Waals surface area contributed by atoms with Crippen LogP contribution in [0.1, 0.15) is 10.4 Å². The number of halogens is 1. The van der Waals surface area contributed by atoms with Gasteiger partial charge < -0.3 is 10.2 Å². The first-order valence-corrected chi connectivity index (χ1v) is 7.04. The number of thiophene rings is 1. The molecule has 98 valence electrons. The summed E-state index contributed by atoms with van der Waals surface area (Å²) in [5.74, 6) is 0. The summed E-state index contributed by atoms with van der Waals surface area (Å²) in [5.41, 5.74) is 2.68. The van der Waals surface area contributed by atoms with Crippen LogP contribution < -0.4 is 10.2 Å². The molecule has 0 radical (unpaired) electrons. The minimum atomic E-state index is 0.698. The Morgan fingerprint density at radius 3 is 2.74 bits per heavy atom. The topological polar surface area (TPSA) is 39.1 Å². The van der Waals surface area contributed by atoms with Crippen LogP contribution in [0, 0.1) is 11.3 Å². The number of anilines is 2. The van der Waals surface area contributed by atoms with Crippen molar-refractivity contribution in [1.82, 2.24) is 0 Å². The fraction of sp³-hybridized carbons (Fsp3) is 0.214. The highest BCUT2D eigenvalue weighted by molar-refractivity contribution is 7.10. The Labute approximate surface area is 122 Å². The summed E-state index contributed by atoms with van der Waals surface area (Å²) in [7, 11) is 3.92. The van der Waals surface area contributed by atoms with Gasteiger partial charge in [0.2, 0.25) is 0 Å². The summed E-state index contributed by atoms with van der Waals surface area (Å²) in [6.45, 7) is 0.698. The third-order valence-electron chi connectivity index (χ3n) is 2.68. The van der Waals surface area contributed by atoms with Crippen LogP contribution in [0.4, 0.5) is 11.4 Å². The van der Waals surface area contributed by atoms with Gasteiger partial charge in [0.1, 0.15) is 6.07 Å². The van der Waals surface area contributed by atoms with Crippen molar-refractivity contribution in [2.24, 2.45) is 0 Å². The van der Waals surface area contributed by atoms with Gasteiger partial charge in [-0.05, 0) is 24.3 Å². The van der Waals surface area contributed by atoms with Crippen molar-refractivity contribution in [3.8, 4) is 6.07 Å². The molecule has 0 saturated heterocycles. The van der Waals surface area contributed by atoms with Crippen LogP contribution >= 0.6 is 22.9 Å². The Balaban J connectivity index is 2.04. The third kappa shape index (κ3) is 3.40. The number of hydrogen-bond acceptors (Lipinski definition) is 4. The average molecular weight is 292 g/mol. The Morgan fingerprint density at radius 1 is 1.37 bits per heavy atom. The lowest BCUT2D eigenvalue weighted by Gasteiger charge is -2.15. The van der Waals surface area contributed by atoms with Crippen LogP contribution in [0.5, 0.6) is 0 Å². The fourth-order valence-electron chi connectivity index (χ4n) is 1.70. The van der Waals surface area contributed by atoms with Crippen molar-refractivity contribution in [2.45, 2.75) is 6.54 Å². The second-order valence-corrected chi connectivity index (χ2v) is 5.73. The van der Waals surface area contributed by atoms with Crippen LogP contribution in [0.25, 0.3) is 0 Å². The monoisotopic (exact) mass is 291 g/mol. The van der Waals surface area contributed by atoms with E-state index in [0.717, 1.165) is 21.3 Å². The van der Waals surface area contributed by atoms with Crippen molar-refractivity contribution in [3.05, 3.63) is 45.1 Å². The van der Waals surface area contributed by atoms with Crippen molar-refractivity contribution in [1.29, 1.82) is 5.26 Å². The number of nitrogens with zero attached hydrogens (tertiary/aromatic N) is 2. The molecule has 0 aliphatic rings. The zero-order valence-electron chi connectivity index (χ0n) is 10.8. The van der Waals surface area contributed by atoms with Gasteiger partial charge in [0, 0.05) is 36.6 Å². The molecule has 0 unspecified atom stereocenters. The summed E-state index contributed by atoms with van der Waals surface area (Å²) in [6.07, 6.45) is 0. The molecule has 0 saturated carbocycles. The summed E-state index contributed by atoms with van der Waals surface area (Å²) < 4.78 is 0. The van der Waals surface area contributed by atoms with E-state index in [0.29, 0.717) is 12.1 Å². The first-order valence-electron chi connectivity index (χ1n) is 5.78. The SMILES string of the molecule is CN(C)c1ccc(NCc2cc(C#N)cs2)cc1Cl. The number of rotatable bonds is 4. The van der Waals surface area contributed by atoms with Crippen LogP contribution in [0.2, 0.25) is 5.02 Å². The third-order valence-corrected chi connectivity index (χ3v) is 3.92. The van der Waals surface area contributed by atoms with Gasteiger partial charge in [-0.2, -0.15) is 5.26 Å². The molecule has 0 spiro atoms. The molecule has 0 aliphatic carbocycles. The maximum absolute atomic E-state index is 8.77. The van der Waals surface area contributed by atoms with Gasteiger partial charge in [-0.25, -0.2) is 0 Å². The molecule has 1 aromatic carbocycles. The molecule has 3 nitrogen and oxygen atoms in total. The number of hydrogen-bond donors (Lipinski definition) is 1. The van der Waals surface area contributed by atoms with Crippen molar-refractivity contribution in [3.63, 3.8) is 0 Å². The van der Waals surface area contributed by atoms with Crippen LogP contribution in [-0.2, 0) is 6.54 Å². The van der Waals surface area contributed by atoms with E-state index < -0.39 is 0 Å². The molecule has 1 aromatic heterocycles. The molecule has 0 atom stereocenters. The van der Waals surface area contributed by atoms with E-state index in [9.17, 15) is 0 Å².